The van der Waals surface area contributed by atoms with Gasteiger partial charge in [-0.3, -0.25) is 9.59 Å². The molecular weight excluding hydrogens is 490 g/mol. The molecule has 206 valence electrons. The van der Waals surface area contributed by atoms with E-state index in [1.54, 1.807) is 7.11 Å². The van der Waals surface area contributed by atoms with Gasteiger partial charge in [0.25, 0.3) is 0 Å². The van der Waals surface area contributed by atoms with E-state index >= 15 is 0 Å². The lowest BCUT2D eigenvalue weighted by Crippen LogP contribution is -2.26. The van der Waals surface area contributed by atoms with Gasteiger partial charge < -0.3 is 19.5 Å². The van der Waals surface area contributed by atoms with Crippen LogP contribution < -0.4 is 14.4 Å². The maximum Gasteiger partial charge on any atom is 0.316 e. The smallest absolute Gasteiger partial charge is 0.316 e. The third-order valence-electron chi connectivity index (χ3n) is 7.38. The van der Waals surface area contributed by atoms with Gasteiger partial charge in [-0.2, -0.15) is 0 Å². The molecule has 0 bridgehead atoms. The van der Waals surface area contributed by atoms with Crippen LogP contribution in [0.4, 0.5) is 5.69 Å². The Morgan fingerprint density at radius 1 is 0.949 bits per heavy atom. The van der Waals surface area contributed by atoms with E-state index in [2.05, 4.69) is 30.0 Å². The predicted octanol–water partition coefficient (Wildman–Crippen LogP) is 6.57. The minimum absolute atomic E-state index is 0.0292. The van der Waals surface area contributed by atoms with E-state index in [4.69, 9.17) is 14.6 Å². The lowest BCUT2D eigenvalue weighted by atomic mass is 9.79. The van der Waals surface area contributed by atoms with E-state index in [9.17, 15) is 9.59 Å². The van der Waals surface area contributed by atoms with Gasteiger partial charge in [0, 0.05) is 24.8 Å². The fourth-order valence-corrected chi connectivity index (χ4v) is 5.11. The van der Waals surface area contributed by atoms with Crippen molar-refractivity contribution in [1.82, 2.24) is 0 Å². The molecule has 0 heterocycles. The Labute approximate surface area is 231 Å². The topological polar surface area (TPSA) is 76.1 Å². The molecule has 39 heavy (non-hydrogen) atoms. The van der Waals surface area contributed by atoms with Crippen molar-refractivity contribution in [2.24, 2.45) is 5.41 Å². The molecule has 4 rings (SSSR count). The highest BCUT2D eigenvalue weighted by atomic mass is 16.5. The van der Waals surface area contributed by atoms with E-state index < -0.39 is 11.4 Å². The van der Waals surface area contributed by atoms with Gasteiger partial charge in [-0.25, -0.2) is 0 Å². The minimum Gasteiger partial charge on any atom is -0.497 e. The van der Waals surface area contributed by atoms with Gasteiger partial charge in [0.2, 0.25) is 0 Å². The first kappa shape index (κ1) is 28.2. The van der Waals surface area contributed by atoms with Crippen molar-refractivity contribution in [3.63, 3.8) is 0 Å². The summed E-state index contributed by atoms with van der Waals surface area (Å²) in [7, 11) is 1.69. The van der Waals surface area contributed by atoms with Crippen LogP contribution in [0, 0.1) is 5.41 Å². The average Bonchev–Trinajstić information content (AvgIpc) is 2.91. The van der Waals surface area contributed by atoms with E-state index in [1.165, 1.54) is 16.7 Å². The Morgan fingerprint density at radius 3 is 2.28 bits per heavy atom. The number of esters is 1. The fourth-order valence-electron chi connectivity index (χ4n) is 5.11. The Balaban J connectivity index is 1.56. The molecular formula is C33H39NO5. The predicted molar refractivity (Wildman–Crippen MR) is 154 cm³/mol. The van der Waals surface area contributed by atoms with Gasteiger partial charge >= 0.3 is 11.9 Å². The number of carboxylic acids is 1. The van der Waals surface area contributed by atoms with Gasteiger partial charge in [-0.1, -0.05) is 36.4 Å². The van der Waals surface area contributed by atoms with E-state index in [1.807, 2.05) is 63.2 Å². The van der Waals surface area contributed by atoms with Crippen LogP contribution in [0.1, 0.15) is 67.9 Å². The highest BCUT2D eigenvalue weighted by Gasteiger charge is 2.27. The summed E-state index contributed by atoms with van der Waals surface area (Å²) in [5.41, 5.74) is 6.39. The average molecular weight is 530 g/mol. The Hall–Kier alpha value is -3.80. The Kier molecular flexibility index (Phi) is 8.63. The first-order valence-corrected chi connectivity index (χ1v) is 13.6. The summed E-state index contributed by atoms with van der Waals surface area (Å²) < 4.78 is 11.2. The van der Waals surface area contributed by atoms with Crippen LogP contribution in [-0.2, 0) is 35.4 Å². The SMILES string of the molecule is CCN(Cc1ccc(CC(=O)O)cc1)c1cc(OC)ccc1[C@H]1CCc2cc(OC(=O)C(C)(C)C)ccc2C1. The third kappa shape index (κ3) is 6.99. The van der Waals surface area contributed by atoms with Gasteiger partial charge in [0.15, 0.2) is 0 Å². The Bertz CT molecular complexity index is 1320. The van der Waals surface area contributed by atoms with Crippen LogP contribution in [0.3, 0.4) is 0 Å². The molecule has 0 unspecified atom stereocenters. The molecule has 1 aliphatic carbocycles. The van der Waals surface area contributed by atoms with Crippen LogP contribution in [0.2, 0.25) is 0 Å². The second-order valence-electron chi connectivity index (χ2n) is 11.3. The van der Waals surface area contributed by atoms with Crippen molar-refractivity contribution in [2.45, 2.75) is 65.8 Å². The number of ether oxygens (including phenoxy) is 2. The lowest BCUT2D eigenvalue weighted by molar-refractivity contribution is -0.143. The van der Waals surface area contributed by atoms with Gasteiger partial charge in [0.1, 0.15) is 11.5 Å². The largest absolute Gasteiger partial charge is 0.497 e. The zero-order chi connectivity index (χ0) is 28.2. The number of benzene rings is 3. The normalized spacial score (nSPS) is 14.8. The number of rotatable bonds is 9. The van der Waals surface area contributed by atoms with E-state index in [-0.39, 0.29) is 12.4 Å². The maximum absolute atomic E-state index is 12.4. The molecule has 0 fully saturated rings. The van der Waals surface area contributed by atoms with Gasteiger partial charge in [0.05, 0.1) is 18.9 Å². The molecule has 3 aromatic rings. The van der Waals surface area contributed by atoms with Crippen molar-refractivity contribution in [1.29, 1.82) is 0 Å². The van der Waals surface area contributed by atoms with Crippen LogP contribution in [0.25, 0.3) is 0 Å². The number of carbonyl (C=O) groups excluding carboxylic acids is 1. The second kappa shape index (κ2) is 11.9. The number of aliphatic carboxylic acids is 1. The number of nitrogens with zero attached hydrogens (tertiary/aromatic N) is 1. The van der Waals surface area contributed by atoms with Crippen molar-refractivity contribution < 1.29 is 24.2 Å². The summed E-state index contributed by atoms with van der Waals surface area (Å²) in [6, 6.07) is 20.2. The van der Waals surface area contributed by atoms with Crippen LogP contribution >= 0.6 is 0 Å². The van der Waals surface area contributed by atoms with Crippen LogP contribution in [0.5, 0.6) is 11.5 Å². The molecule has 0 amide bonds. The summed E-state index contributed by atoms with van der Waals surface area (Å²) in [6.45, 7) is 9.27. The van der Waals surface area contributed by atoms with E-state index in [0.29, 0.717) is 11.7 Å². The molecule has 3 aromatic carbocycles. The summed E-state index contributed by atoms with van der Waals surface area (Å²) in [5.74, 6) is 0.744. The summed E-state index contributed by atoms with van der Waals surface area (Å²) in [5, 5.41) is 9.07. The van der Waals surface area contributed by atoms with Crippen LogP contribution in [0.15, 0.2) is 60.7 Å². The highest BCUT2D eigenvalue weighted by molar-refractivity contribution is 5.78. The van der Waals surface area contributed by atoms with Crippen molar-refractivity contribution in [3.8, 4) is 11.5 Å². The minimum atomic E-state index is -0.824. The molecule has 6 heteroatoms. The van der Waals surface area contributed by atoms with Crippen molar-refractivity contribution in [2.75, 3.05) is 18.6 Å². The third-order valence-corrected chi connectivity index (χ3v) is 7.38. The molecule has 1 N–H and O–H groups in total. The maximum atomic E-state index is 12.4. The summed E-state index contributed by atoms with van der Waals surface area (Å²) in [4.78, 5) is 25.7. The molecule has 6 nitrogen and oxygen atoms in total. The van der Waals surface area contributed by atoms with E-state index in [0.717, 1.165) is 54.9 Å². The van der Waals surface area contributed by atoms with Gasteiger partial charge in [-0.15, -0.1) is 0 Å². The zero-order valence-electron chi connectivity index (χ0n) is 23.6. The quantitative estimate of drug-likeness (QED) is 0.249. The van der Waals surface area contributed by atoms with Crippen LogP contribution in [-0.4, -0.2) is 30.7 Å². The number of fused-ring (bicyclic) bond motifs is 1. The molecule has 1 atom stereocenters. The number of methoxy groups -OCH3 is 1. The molecule has 0 aromatic heterocycles. The molecule has 0 saturated heterocycles. The Morgan fingerprint density at radius 2 is 1.64 bits per heavy atom. The summed E-state index contributed by atoms with van der Waals surface area (Å²) in [6.07, 6.45) is 2.87. The number of carboxylic acid groups (broad SMARTS) is 1. The first-order valence-electron chi connectivity index (χ1n) is 13.6. The molecule has 0 radical (unpaired) electrons. The zero-order valence-corrected chi connectivity index (χ0v) is 23.6. The number of anilines is 1. The number of hydrogen-bond donors (Lipinski definition) is 1. The molecule has 0 spiro atoms. The number of hydrogen-bond acceptors (Lipinski definition) is 5. The summed E-state index contributed by atoms with van der Waals surface area (Å²) >= 11 is 0. The standard InChI is InChI=1S/C33H39NO5/c1-6-34(21-23-9-7-22(8-10-23)17-31(35)36)30-20-27(38-5)15-16-29(30)26-12-11-25-19-28(14-13-24(25)18-26)39-32(37)33(2,3)4/h7-10,13-16,19-20,26H,6,11-12,17-18,21H2,1-5H3,(H,35,36)/t26-/m0/s1. The molecule has 1 aliphatic rings. The lowest BCUT2D eigenvalue weighted by Gasteiger charge is -2.32. The van der Waals surface area contributed by atoms with Crippen molar-refractivity contribution in [3.05, 3.63) is 88.5 Å². The number of aryl methyl sites for hydroxylation is 1. The van der Waals surface area contributed by atoms with Crippen molar-refractivity contribution >= 4 is 17.6 Å². The molecule has 0 aliphatic heterocycles. The fraction of sp³-hybridized carbons (Fsp3) is 0.394. The number of carbonyl (C=O) groups is 2. The monoisotopic (exact) mass is 529 g/mol. The highest BCUT2D eigenvalue weighted by Crippen LogP contribution is 2.40. The second-order valence-corrected chi connectivity index (χ2v) is 11.3. The van der Waals surface area contributed by atoms with Gasteiger partial charge in [-0.05, 0) is 98.9 Å². The molecule has 0 saturated carbocycles. The first-order chi connectivity index (χ1) is 18.6.